The van der Waals surface area contributed by atoms with E-state index in [4.69, 9.17) is 4.43 Å². The van der Waals surface area contributed by atoms with Crippen LogP contribution in [0.5, 0.6) is 0 Å². The monoisotopic (exact) mass is 326 g/mol. The van der Waals surface area contributed by atoms with Crippen molar-refractivity contribution in [2.24, 2.45) is 0 Å². The Morgan fingerprint density at radius 1 is 0.913 bits per heavy atom. The first-order valence-corrected chi connectivity index (χ1v) is 8.88. The Bertz CT molecular complexity index is 657. The van der Waals surface area contributed by atoms with Gasteiger partial charge in [-0.25, -0.2) is 0 Å². The van der Waals surface area contributed by atoms with Crippen molar-refractivity contribution < 1.29 is 9.53 Å². The van der Waals surface area contributed by atoms with Crippen LogP contribution in [-0.4, -0.2) is 14.9 Å². The Hall–Kier alpha value is -1.42. The molecule has 0 aliphatic rings. The summed E-state index contributed by atoms with van der Waals surface area (Å²) in [5.41, 5.74) is 4.04. The number of aliphatic hydroxyl groups is 1. The van der Waals surface area contributed by atoms with Crippen molar-refractivity contribution in [2.75, 3.05) is 0 Å². The molecule has 3 heteroatoms. The Morgan fingerprint density at radius 3 is 2.13 bits per heavy atom. The van der Waals surface area contributed by atoms with Gasteiger partial charge in [-0.15, -0.1) is 0 Å². The molecule has 0 heterocycles. The second-order valence-corrected chi connectivity index (χ2v) is 9.31. The average Bonchev–Trinajstić information content (AvgIpc) is 2.53. The molecule has 0 fully saturated rings. The van der Waals surface area contributed by atoms with Crippen molar-refractivity contribution in [3.63, 3.8) is 0 Å². The van der Waals surface area contributed by atoms with Gasteiger partial charge in [0.2, 0.25) is 9.76 Å². The van der Waals surface area contributed by atoms with Gasteiger partial charge in [0.25, 0.3) is 0 Å². The molecule has 0 amide bonds. The van der Waals surface area contributed by atoms with Crippen molar-refractivity contribution in [2.45, 2.75) is 51.9 Å². The molecule has 2 nitrogen and oxygen atoms in total. The fourth-order valence-electron chi connectivity index (χ4n) is 2.26. The summed E-state index contributed by atoms with van der Waals surface area (Å²) >= 11 is 0. The van der Waals surface area contributed by atoms with Crippen LogP contribution in [0.2, 0.25) is 5.04 Å². The van der Waals surface area contributed by atoms with Gasteiger partial charge in [0.05, 0.1) is 12.2 Å². The zero-order valence-electron chi connectivity index (χ0n) is 14.7. The SMILES string of the molecule is CC(C)(C)[Si]OC(C)(C)c1cccc(-c2cccc(CO)c2)c1. The van der Waals surface area contributed by atoms with E-state index < -0.39 is 0 Å². The van der Waals surface area contributed by atoms with Crippen LogP contribution in [0, 0.1) is 0 Å². The standard InChI is InChI=1S/C20H26O2Si/c1-19(2,3)23-22-20(4,5)18-11-7-10-17(13-18)16-9-6-8-15(12-16)14-21/h6-13,21H,14H2,1-5H3. The molecule has 1 N–H and O–H groups in total. The van der Waals surface area contributed by atoms with Crippen molar-refractivity contribution in [1.29, 1.82) is 0 Å². The molecule has 2 rings (SSSR count). The first-order valence-electron chi connectivity index (χ1n) is 7.97. The summed E-state index contributed by atoms with van der Waals surface area (Å²) in [5, 5.41) is 9.49. The number of aliphatic hydroxyl groups excluding tert-OH is 1. The quantitative estimate of drug-likeness (QED) is 0.789. The Kier molecular flexibility index (Phi) is 5.45. The number of hydrogen-bond acceptors (Lipinski definition) is 2. The maximum absolute atomic E-state index is 9.32. The van der Waals surface area contributed by atoms with Crippen LogP contribution in [0.3, 0.4) is 0 Å². The van der Waals surface area contributed by atoms with Crippen molar-refractivity contribution in [1.82, 2.24) is 0 Å². The van der Waals surface area contributed by atoms with E-state index >= 15 is 0 Å². The molecule has 0 unspecified atom stereocenters. The molecule has 0 aliphatic heterocycles. The highest BCUT2D eigenvalue weighted by atomic mass is 28.2. The van der Waals surface area contributed by atoms with Gasteiger partial charge < -0.3 is 9.53 Å². The normalized spacial score (nSPS) is 12.4. The highest BCUT2D eigenvalue weighted by Crippen LogP contribution is 2.32. The molecule has 122 valence electrons. The summed E-state index contributed by atoms with van der Waals surface area (Å²) in [7, 11) is 0.447. The molecule has 2 radical (unpaired) electrons. The largest absolute Gasteiger partial charge is 0.408 e. The summed E-state index contributed by atoms with van der Waals surface area (Å²) in [5.74, 6) is 0. The third-order valence-corrected chi connectivity index (χ3v) is 4.84. The first-order chi connectivity index (χ1) is 10.7. The molecule has 0 spiro atoms. The molecule has 0 aliphatic carbocycles. The third kappa shape index (κ3) is 5.03. The van der Waals surface area contributed by atoms with E-state index in [1.807, 2.05) is 18.2 Å². The third-order valence-electron chi connectivity index (χ3n) is 3.61. The first kappa shape index (κ1) is 17.9. The Balaban J connectivity index is 2.28. The van der Waals surface area contributed by atoms with Gasteiger partial charge in [-0.3, -0.25) is 0 Å². The molecule has 2 aromatic rings. The highest BCUT2D eigenvalue weighted by molar-refractivity contribution is 6.31. The summed E-state index contributed by atoms with van der Waals surface area (Å²) in [6, 6.07) is 16.5. The smallest absolute Gasteiger partial charge is 0.236 e. The van der Waals surface area contributed by atoms with Gasteiger partial charge >= 0.3 is 0 Å². The molecule has 2 aromatic carbocycles. The maximum Gasteiger partial charge on any atom is 0.236 e. The molecule has 23 heavy (non-hydrogen) atoms. The molecule has 0 aromatic heterocycles. The van der Waals surface area contributed by atoms with Crippen LogP contribution in [0.15, 0.2) is 48.5 Å². The molecule has 0 bridgehead atoms. The Morgan fingerprint density at radius 2 is 1.52 bits per heavy atom. The second kappa shape index (κ2) is 6.99. The molecule has 0 saturated heterocycles. The van der Waals surface area contributed by atoms with Gasteiger partial charge in [0.1, 0.15) is 0 Å². The van der Waals surface area contributed by atoms with Crippen LogP contribution in [0.1, 0.15) is 45.7 Å². The molecular weight excluding hydrogens is 300 g/mol. The lowest BCUT2D eigenvalue weighted by atomic mass is 9.94. The van der Waals surface area contributed by atoms with Crippen LogP contribution < -0.4 is 0 Å². The van der Waals surface area contributed by atoms with Gasteiger partial charge in [-0.1, -0.05) is 57.2 Å². The van der Waals surface area contributed by atoms with E-state index in [1.165, 1.54) is 5.56 Å². The van der Waals surface area contributed by atoms with E-state index in [1.54, 1.807) is 0 Å². The number of rotatable bonds is 5. The number of hydrogen-bond donors (Lipinski definition) is 1. The summed E-state index contributed by atoms with van der Waals surface area (Å²) in [6.45, 7) is 10.9. The van der Waals surface area contributed by atoms with Crippen LogP contribution in [0.25, 0.3) is 11.1 Å². The number of benzene rings is 2. The van der Waals surface area contributed by atoms with Crippen LogP contribution >= 0.6 is 0 Å². The minimum absolute atomic E-state index is 0.0643. The van der Waals surface area contributed by atoms with Crippen molar-refractivity contribution in [3.05, 3.63) is 59.7 Å². The summed E-state index contributed by atoms with van der Waals surface area (Å²) < 4.78 is 6.20. The lowest BCUT2D eigenvalue weighted by Crippen LogP contribution is -2.27. The predicted molar refractivity (Wildman–Crippen MR) is 97.4 cm³/mol. The van der Waals surface area contributed by atoms with E-state index in [2.05, 4.69) is 65.0 Å². The molecular formula is C20H26O2Si. The van der Waals surface area contributed by atoms with E-state index in [-0.39, 0.29) is 17.2 Å². The van der Waals surface area contributed by atoms with E-state index in [9.17, 15) is 5.11 Å². The van der Waals surface area contributed by atoms with Crippen LogP contribution in [0.4, 0.5) is 0 Å². The predicted octanol–water partition coefficient (Wildman–Crippen LogP) is 4.94. The van der Waals surface area contributed by atoms with Gasteiger partial charge in [0, 0.05) is 0 Å². The lowest BCUT2D eigenvalue weighted by Gasteiger charge is -2.30. The molecule has 0 atom stereocenters. The second-order valence-electron chi connectivity index (χ2n) is 7.40. The maximum atomic E-state index is 9.32. The lowest BCUT2D eigenvalue weighted by molar-refractivity contribution is 0.109. The van der Waals surface area contributed by atoms with Crippen LogP contribution in [-0.2, 0) is 16.6 Å². The van der Waals surface area contributed by atoms with Gasteiger partial charge in [0.15, 0.2) is 0 Å². The van der Waals surface area contributed by atoms with E-state index in [0.717, 1.165) is 16.7 Å². The minimum atomic E-state index is -0.323. The fourth-order valence-corrected chi connectivity index (χ4v) is 2.94. The fraction of sp³-hybridized carbons (Fsp3) is 0.400. The molecule has 0 saturated carbocycles. The zero-order chi connectivity index (χ0) is 17.1. The summed E-state index contributed by atoms with van der Waals surface area (Å²) in [6.07, 6.45) is 0. The zero-order valence-corrected chi connectivity index (χ0v) is 15.7. The highest BCUT2D eigenvalue weighted by Gasteiger charge is 2.25. The Labute approximate surface area is 142 Å². The summed E-state index contributed by atoms with van der Waals surface area (Å²) in [4.78, 5) is 0. The van der Waals surface area contributed by atoms with Crippen molar-refractivity contribution in [3.8, 4) is 11.1 Å². The van der Waals surface area contributed by atoms with Crippen molar-refractivity contribution >= 4 is 9.76 Å². The van der Waals surface area contributed by atoms with E-state index in [0.29, 0.717) is 9.76 Å². The average molecular weight is 327 g/mol. The minimum Gasteiger partial charge on any atom is -0.408 e. The van der Waals surface area contributed by atoms with Gasteiger partial charge in [-0.2, -0.15) is 0 Å². The topological polar surface area (TPSA) is 29.5 Å². The van der Waals surface area contributed by atoms with Gasteiger partial charge in [-0.05, 0) is 53.3 Å².